The van der Waals surface area contributed by atoms with Crippen LogP contribution in [0.1, 0.15) is 0 Å². The van der Waals surface area contributed by atoms with Crippen molar-refractivity contribution in [1.29, 1.82) is 0 Å². The zero-order valence-corrected chi connectivity index (χ0v) is 45.7. The highest BCUT2D eigenvalue weighted by atomic mass is 28.4. The predicted octanol–water partition coefficient (Wildman–Crippen LogP) is 12.6. The standard InChI is InChI=1S/C16H17N2OSi.6C6F5.2Al/c1-20(2,3)19-15-9-7-14(8-10-15)18-12-11-13-5-4-6-16(13)17-18;6*7-2-1-3(8)5(10)6(11)4(2)9;;/h4-11H,1-3H3;;;;;;;;/q-1;;;;;;;;. The van der Waals surface area contributed by atoms with Crippen molar-refractivity contribution in [2.75, 3.05) is 0 Å². The largest absolute Gasteiger partial charge is 0.544 e. The van der Waals surface area contributed by atoms with Crippen molar-refractivity contribution in [3.63, 3.8) is 0 Å². The predicted molar refractivity (Wildman–Crippen MR) is 250 cm³/mol. The first-order chi connectivity index (χ1) is 40.8. The van der Waals surface area contributed by atoms with Gasteiger partial charge in [-0.15, -0.1) is 12.1 Å². The summed E-state index contributed by atoms with van der Waals surface area (Å²) in [5, 5.41) is 4.54. The molecule has 1 heterocycles. The summed E-state index contributed by atoms with van der Waals surface area (Å²) in [7, 11) is -1.55. The zero-order valence-electron chi connectivity index (χ0n) is 42.4. The van der Waals surface area contributed by atoms with Crippen molar-refractivity contribution in [1.82, 2.24) is 9.78 Å². The molecule has 7 aromatic carbocycles. The van der Waals surface area contributed by atoms with Crippen LogP contribution in [0.4, 0.5) is 132 Å². The smallest absolute Gasteiger partial charge is 0.413 e. The summed E-state index contributed by atoms with van der Waals surface area (Å²) in [5.74, 6) is -88.2. The van der Waals surface area contributed by atoms with Gasteiger partial charge >= 0.3 is 28.3 Å². The average Bonchev–Trinajstić information content (AvgIpc) is 1.05. The Morgan fingerprint density at radius 2 is 0.523 bits per heavy atom. The first-order valence-corrected chi connectivity index (χ1v) is 29.9. The van der Waals surface area contributed by atoms with Gasteiger partial charge in [0.25, 0.3) is 0 Å². The minimum Gasteiger partial charge on any atom is -0.544 e. The minimum absolute atomic E-state index is 0.919. The molecule has 88 heavy (non-hydrogen) atoms. The molecule has 0 bridgehead atoms. The van der Waals surface area contributed by atoms with E-state index in [0.717, 1.165) is 22.7 Å². The third-order valence-electron chi connectivity index (χ3n) is 12.1. The Morgan fingerprint density at radius 1 is 0.307 bits per heavy atom. The van der Waals surface area contributed by atoms with Crippen LogP contribution in [-0.4, -0.2) is 46.4 Å². The molecule has 462 valence electrons. The summed E-state index contributed by atoms with van der Waals surface area (Å²) < 4.78 is 410. The third-order valence-corrected chi connectivity index (χ3v) is 19.4. The SMILES string of the molecule is C[Si](C)(C)Oc1ccc(-n2[c-]cc3cccc-3n2)cc1.Fc1c(F)c(F)[c]([Al]([c]2c(F)c(F)c(F)c(F)c2F)[c]2c(F)c(F)c(F)c(F)c2F)c(F)c1F.Fc1c(F)c(F)[c]([Al]([c]2c(F)c(F)c(F)c(F)c2F)[c]2c(F)c(F)c(F)c(F)c2F)c(F)c1F. The molecule has 0 spiro atoms. The van der Waals surface area contributed by atoms with Gasteiger partial charge in [-0.05, 0) is 70.1 Å². The number of hydrogen-bond donors (Lipinski definition) is 0. The molecule has 1 aliphatic heterocycles. The first-order valence-electron chi connectivity index (χ1n) is 23.1. The van der Waals surface area contributed by atoms with Gasteiger partial charge in [0.2, 0.25) is 8.32 Å². The second-order valence-corrected chi connectivity index (χ2v) is 28.2. The van der Waals surface area contributed by atoms with E-state index in [9.17, 15) is 132 Å². The molecular weight excluding hydrogens is 1320 g/mol. The van der Waals surface area contributed by atoms with Gasteiger partial charge in [0.15, 0.2) is 175 Å². The summed E-state index contributed by atoms with van der Waals surface area (Å²) in [6.45, 7) is 6.52. The highest BCUT2D eigenvalue weighted by molar-refractivity contribution is 6.96. The fraction of sp³-hybridized carbons (Fsp3) is 0.0577. The molecule has 0 fully saturated rings. The quantitative estimate of drug-likeness (QED) is 0.0473. The molecule has 2 aliphatic rings. The van der Waals surface area contributed by atoms with Crippen LogP contribution in [0.5, 0.6) is 5.75 Å². The van der Waals surface area contributed by atoms with Crippen LogP contribution >= 0.6 is 0 Å². The van der Waals surface area contributed by atoms with E-state index in [1.807, 2.05) is 48.5 Å². The highest BCUT2D eigenvalue weighted by Crippen LogP contribution is 2.28. The lowest BCUT2D eigenvalue weighted by molar-refractivity contribution is 0.380. The van der Waals surface area contributed by atoms with Crippen LogP contribution < -0.4 is 31.0 Å². The van der Waals surface area contributed by atoms with Crippen LogP contribution in [0, 0.1) is 181 Å². The molecule has 9 rings (SSSR count). The molecule has 0 atom stereocenters. The van der Waals surface area contributed by atoms with Gasteiger partial charge in [-0.3, -0.25) is 0 Å². The molecule has 0 radical (unpaired) electrons. The van der Waals surface area contributed by atoms with Crippen molar-refractivity contribution in [3.8, 4) is 22.7 Å². The van der Waals surface area contributed by atoms with E-state index >= 15 is 0 Å². The van der Waals surface area contributed by atoms with Crippen LogP contribution in [0.25, 0.3) is 16.9 Å². The highest BCUT2D eigenvalue weighted by Gasteiger charge is 2.49. The fourth-order valence-electron chi connectivity index (χ4n) is 8.16. The Kier molecular flexibility index (Phi) is 19.5. The number of nitrogens with zero attached hydrogens (tertiary/aromatic N) is 2. The normalized spacial score (nSPS) is 11.5. The molecule has 0 saturated heterocycles. The number of fused-ring (bicyclic) bond motifs is 1. The lowest BCUT2D eigenvalue weighted by Crippen LogP contribution is -2.60. The van der Waals surface area contributed by atoms with E-state index in [1.54, 1.807) is 4.68 Å². The third kappa shape index (κ3) is 11.9. The average molecular weight is 1340 g/mol. The Bertz CT molecular complexity index is 3560. The maximum absolute atomic E-state index is 14.4. The molecule has 0 amide bonds. The summed E-state index contributed by atoms with van der Waals surface area (Å²) in [6.07, 6.45) is 3.15. The fourth-order valence-corrected chi connectivity index (χ4v) is 15.3. The van der Waals surface area contributed by atoms with Gasteiger partial charge in [-0.1, -0.05) is 30.0 Å². The molecule has 7 aromatic rings. The molecule has 0 N–H and O–H groups in total. The summed E-state index contributed by atoms with van der Waals surface area (Å²) in [4.78, 5) is 0. The number of halogens is 30. The van der Waals surface area contributed by atoms with Crippen LogP contribution in [0.2, 0.25) is 19.6 Å². The maximum Gasteiger partial charge on any atom is 0.413 e. The topological polar surface area (TPSA) is 27.1 Å². The number of rotatable bonds is 9. The maximum atomic E-state index is 14.4. The van der Waals surface area contributed by atoms with Gasteiger partial charge in [0.1, 0.15) is 5.75 Å². The van der Waals surface area contributed by atoms with Crippen LogP contribution in [-0.2, 0) is 0 Å². The second kappa shape index (κ2) is 25.4. The zero-order chi connectivity index (χ0) is 66.1. The van der Waals surface area contributed by atoms with Crippen molar-refractivity contribution in [3.05, 3.63) is 229 Å². The number of aromatic nitrogens is 2. The van der Waals surface area contributed by atoms with Crippen molar-refractivity contribution < 1.29 is 136 Å². The summed E-state index contributed by atoms with van der Waals surface area (Å²) in [6, 6.07) is 16.0. The molecular formula is C52H17Al2F30N2OSi-. The van der Waals surface area contributed by atoms with Gasteiger partial charge in [-0.2, -0.15) is 0 Å². The van der Waals surface area contributed by atoms with Crippen LogP contribution in [0.15, 0.2) is 48.5 Å². The molecule has 3 nitrogen and oxygen atoms in total. The van der Waals surface area contributed by atoms with Crippen molar-refractivity contribution in [2.45, 2.75) is 19.6 Å². The first kappa shape index (κ1) is 67.7. The molecule has 0 unspecified atom stereocenters. The van der Waals surface area contributed by atoms with E-state index in [1.165, 1.54) is 0 Å². The summed E-state index contributed by atoms with van der Waals surface area (Å²) in [5.41, 5.74) is 3.07. The number of benzene rings is 7. The Balaban J connectivity index is 0.000000195. The Hall–Kier alpha value is -7.79. The van der Waals surface area contributed by atoms with E-state index in [2.05, 4.69) is 30.9 Å². The molecule has 0 saturated carbocycles. The van der Waals surface area contributed by atoms with Crippen molar-refractivity contribution >= 4 is 63.2 Å². The van der Waals surface area contributed by atoms with E-state index < -0.39 is 238 Å². The van der Waals surface area contributed by atoms with Gasteiger partial charge in [0.05, 0.1) is 0 Å². The summed E-state index contributed by atoms with van der Waals surface area (Å²) >= 11 is -11.9. The number of hydrogen-bond acceptors (Lipinski definition) is 2. The lowest BCUT2D eigenvalue weighted by atomic mass is 10.2. The van der Waals surface area contributed by atoms with E-state index in [-0.39, 0.29) is 0 Å². The molecule has 1 aliphatic carbocycles. The Labute approximate surface area is 479 Å². The van der Waals surface area contributed by atoms with Gasteiger partial charge < -0.3 is 9.11 Å². The minimum atomic E-state index is -5.96. The Morgan fingerprint density at radius 3 is 0.739 bits per heavy atom. The van der Waals surface area contributed by atoms with Crippen molar-refractivity contribution in [2.24, 2.45) is 0 Å². The molecule has 36 heteroatoms. The van der Waals surface area contributed by atoms with E-state index in [4.69, 9.17) is 4.43 Å². The second-order valence-electron chi connectivity index (χ2n) is 18.5. The van der Waals surface area contributed by atoms with Crippen LogP contribution in [0.3, 0.4) is 0 Å². The monoisotopic (exact) mass is 1340 g/mol. The molecule has 0 aromatic heterocycles. The van der Waals surface area contributed by atoms with Gasteiger partial charge in [0, 0.05) is 5.69 Å². The van der Waals surface area contributed by atoms with Gasteiger partial charge in [-0.25, -0.2) is 137 Å². The lowest BCUT2D eigenvalue weighted by Gasteiger charge is -2.21. The van der Waals surface area contributed by atoms with E-state index in [0.29, 0.717) is 0 Å².